The van der Waals surface area contributed by atoms with Gasteiger partial charge >= 0.3 is 6.03 Å². The lowest BCUT2D eigenvalue weighted by molar-refractivity contribution is -0.127. The number of thiazole rings is 1. The molecule has 4 atom stereocenters. The van der Waals surface area contributed by atoms with E-state index in [2.05, 4.69) is 20.8 Å². The monoisotopic (exact) mass is 744 g/mol. The van der Waals surface area contributed by atoms with Crippen LogP contribution in [-0.2, 0) is 39.1 Å². The summed E-state index contributed by atoms with van der Waals surface area (Å²) in [5.74, 6) is -0.633. The van der Waals surface area contributed by atoms with Crippen LogP contribution in [0.5, 0.6) is 0 Å². The van der Waals surface area contributed by atoms with E-state index in [1.54, 1.807) is 7.11 Å². The number of nitrogens with zero attached hydrogens (tertiary/aromatic N) is 4. The molecule has 4 rings (SSSR count). The summed E-state index contributed by atoms with van der Waals surface area (Å²) in [5.41, 5.74) is 1.93. The van der Waals surface area contributed by atoms with Crippen LogP contribution in [0.2, 0.25) is 0 Å². The van der Waals surface area contributed by atoms with Gasteiger partial charge in [-0.25, -0.2) is 18.2 Å². The van der Waals surface area contributed by atoms with Crippen molar-refractivity contribution in [1.82, 2.24) is 24.8 Å². The van der Waals surface area contributed by atoms with Crippen molar-refractivity contribution in [2.24, 2.45) is 11.1 Å². The number of carbonyl (C=O) groups is 2. The molecule has 2 aromatic carbocycles. The van der Waals surface area contributed by atoms with E-state index in [1.165, 1.54) is 65.0 Å². The molecule has 16 heteroatoms. The average molecular weight is 745 g/mol. The minimum absolute atomic E-state index is 0.0139. The van der Waals surface area contributed by atoms with Gasteiger partial charge in [-0.3, -0.25) is 4.79 Å². The molecule has 0 spiro atoms. The highest BCUT2D eigenvalue weighted by Gasteiger charge is 2.35. The number of urea groups is 1. The molecule has 1 aliphatic carbocycles. The first kappa shape index (κ1) is 39.8. The van der Waals surface area contributed by atoms with E-state index >= 15 is 0 Å². The van der Waals surface area contributed by atoms with Gasteiger partial charge in [0.1, 0.15) is 11.0 Å². The summed E-state index contributed by atoms with van der Waals surface area (Å²) in [4.78, 5) is 32.7. The fraction of sp³-hybridized carbons (Fsp3) is 0.486. The third kappa shape index (κ3) is 11.5. The summed E-state index contributed by atoms with van der Waals surface area (Å²) < 4.78 is 34.4. The SMILES string of the molecule is COCc1nc(CN(C)C(=O)N[C@H](C(=O)N[C@@H](Cc2ccccc2)[C@H](O)CN(CC2CCCC2)S(=O)(=O)c2ccc(C=NO)cc2)[C@H](C)O)cs1. The highest BCUT2D eigenvalue weighted by Crippen LogP contribution is 2.28. The van der Waals surface area contributed by atoms with Crippen LogP contribution >= 0.6 is 11.3 Å². The Morgan fingerprint density at radius 3 is 2.41 bits per heavy atom. The third-order valence-corrected chi connectivity index (χ3v) is 11.5. The van der Waals surface area contributed by atoms with Gasteiger partial charge in [-0.15, -0.1) is 11.3 Å². The van der Waals surface area contributed by atoms with Gasteiger partial charge in [-0.05, 0) is 55.4 Å². The van der Waals surface area contributed by atoms with E-state index < -0.39 is 46.3 Å². The molecule has 0 bridgehead atoms. The van der Waals surface area contributed by atoms with Gasteiger partial charge < -0.3 is 35.7 Å². The Morgan fingerprint density at radius 1 is 1.10 bits per heavy atom. The number of amides is 3. The molecule has 3 amide bonds. The Hall–Kier alpha value is -3.93. The zero-order chi connectivity index (χ0) is 37.0. The lowest BCUT2D eigenvalue weighted by atomic mass is 9.99. The van der Waals surface area contributed by atoms with Gasteiger partial charge in [0.25, 0.3) is 0 Å². The van der Waals surface area contributed by atoms with Crippen LogP contribution < -0.4 is 10.6 Å². The van der Waals surface area contributed by atoms with Crippen molar-refractivity contribution in [2.45, 2.75) is 81.4 Å². The van der Waals surface area contributed by atoms with Crippen LogP contribution in [0.1, 0.15) is 54.4 Å². The normalized spacial score (nSPS) is 16.2. The molecule has 0 radical (unpaired) electrons. The lowest BCUT2D eigenvalue weighted by Gasteiger charge is -2.32. The number of hydrogen-bond acceptors (Lipinski definition) is 11. The minimum Gasteiger partial charge on any atom is -0.411 e. The van der Waals surface area contributed by atoms with Crippen LogP contribution in [0.4, 0.5) is 4.79 Å². The quantitative estimate of drug-likeness (QED) is 0.0740. The predicted octanol–water partition coefficient (Wildman–Crippen LogP) is 2.96. The Balaban J connectivity index is 1.54. The van der Waals surface area contributed by atoms with Gasteiger partial charge in [-0.1, -0.05) is 60.5 Å². The molecule has 1 aromatic heterocycles. The van der Waals surface area contributed by atoms with Crippen molar-refractivity contribution in [3.05, 3.63) is 81.8 Å². The predicted molar refractivity (Wildman–Crippen MR) is 193 cm³/mol. The van der Waals surface area contributed by atoms with E-state index in [-0.39, 0.29) is 36.9 Å². The molecule has 0 aliphatic heterocycles. The summed E-state index contributed by atoms with van der Waals surface area (Å²) in [7, 11) is -0.988. The van der Waals surface area contributed by atoms with Crippen molar-refractivity contribution in [3.63, 3.8) is 0 Å². The summed E-state index contributed by atoms with van der Waals surface area (Å²) in [6, 6.07) is 12.0. The molecule has 1 aliphatic rings. The second-order valence-electron chi connectivity index (χ2n) is 12.8. The molecule has 0 saturated heterocycles. The number of ether oxygens (including phenoxy) is 1. The number of rotatable bonds is 18. The van der Waals surface area contributed by atoms with E-state index in [0.29, 0.717) is 17.9 Å². The molecule has 1 saturated carbocycles. The van der Waals surface area contributed by atoms with Gasteiger partial charge in [0.2, 0.25) is 15.9 Å². The molecule has 14 nitrogen and oxygen atoms in total. The average Bonchev–Trinajstić information content (AvgIpc) is 3.79. The fourth-order valence-corrected chi connectivity index (χ4v) is 8.32. The Morgan fingerprint density at radius 2 is 1.78 bits per heavy atom. The first-order chi connectivity index (χ1) is 24.4. The number of methoxy groups -OCH3 is 1. The van der Waals surface area contributed by atoms with Gasteiger partial charge in [-0.2, -0.15) is 4.31 Å². The van der Waals surface area contributed by atoms with E-state index in [1.807, 2.05) is 35.7 Å². The van der Waals surface area contributed by atoms with Crippen LogP contribution in [0, 0.1) is 5.92 Å². The molecule has 3 aromatic rings. The summed E-state index contributed by atoms with van der Waals surface area (Å²) >= 11 is 1.40. The summed E-state index contributed by atoms with van der Waals surface area (Å²) in [6.45, 7) is 1.75. The van der Waals surface area contributed by atoms with Gasteiger partial charge in [0.15, 0.2) is 0 Å². The number of aliphatic hydroxyl groups excluding tert-OH is 2. The van der Waals surface area contributed by atoms with E-state index in [4.69, 9.17) is 9.94 Å². The number of nitrogens with one attached hydrogen (secondary N) is 2. The smallest absolute Gasteiger partial charge is 0.318 e. The molecular weight excluding hydrogens is 697 g/mol. The largest absolute Gasteiger partial charge is 0.411 e. The van der Waals surface area contributed by atoms with Crippen molar-refractivity contribution in [2.75, 3.05) is 27.2 Å². The number of hydrogen-bond donors (Lipinski definition) is 5. The topological polar surface area (TPSA) is 194 Å². The van der Waals surface area contributed by atoms with Crippen LogP contribution in [0.15, 0.2) is 70.0 Å². The molecular formula is C35H48N6O8S2. The molecule has 1 fully saturated rings. The number of carbonyl (C=O) groups excluding carboxylic acids is 2. The number of sulfonamides is 1. The third-order valence-electron chi connectivity index (χ3n) is 8.80. The fourth-order valence-electron chi connectivity index (χ4n) is 6.03. The van der Waals surface area contributed by atoms with E-state index in [0.717, 1.165) is 36.3 Å². The molecule has 5 N–H and O–H groups in total. The number of aromatic nitrogens is 1. The summed E-state index contributed by atoms with van der Waals surface area (Å²) in [5, 5.41) is 42.2. The molecule has 51 heavy (non-hydrogen) atoms. The number of oxime groups is 1. The Labute approximate surface area is 303 Å². The van der Waals surface area contributed by atoms with Crippen LogP contribution in [0.25, 0.3) is 0 Å². The van der Waals surface area contributed by atoms with Crippen LogP contribution in [-0.4, -0.2) is 108 Å². The van der Waals surface area contributed by atoms with Crippen molar-refractivity contribution in [3.8, 4) is 0 Å². The van der Waals surface area contributed by atoms with E-state index in [9.17, 15) is 28.2 Å². The zero-order valence-corrected chi connectivity index (χ0v) is 30.7. The standard InChI is InChI=1S/C35H48N6O8S2/c1-24(42)33(39-35(45)40(2)20-28-23-50-32(37-28)22-49-3)34(44)38-30(17-25-9-5-4-6-10-25)31(43)21-41(19-27-11-7-8-12-27)51(47,48)29-15-13-26(14-16-29)18-36-46/h4-6,9-10,13-16,18,23-24,27,30-31,33,42-43,46H,7-8,11-12,17,19-22H2,1-3H3,(H,38,44)(H,39,45)/t24-,30-,31+,33-/m0/s1. The van der Waals surface area contributed by atoms with Crippen molar-refractivity contribution >= 4 is 39.5 Å². The number of aliphatic hydroxyl groups is 2. The maximum absolute atomic E-state index is 14.0. The highest BCUT2D eigenvalue weighted by molar-refractivity contribution is 7.89. The molecule has 278 valence electrons. The zero-order valence-electron chi connectivity index (χ0n) is 29.1. The Bertz CT molecular complexity index is 1680. The maximum Gasteiger partial charge on any atom is 0.318 e. The van der Waals surface area contributed by atoms with Gasteiger partial charge in [0.05, 0.1) is 48.2 Å². The van der Waals surface area contributed by atoms with Crippen LogP contribution in [0.3, 0.4) is 0 Å². The van der Waals surface area contributed by atoms with Gasteiger partial charge in [0, 0.05) is 32.6 Å². The molecule has 1 heterocycles. The maximum atomic E-state index is 14.0. The summed E-state index contributed by atoms with van der Waals surface area (Å²) in [6.07, 6.45) is 2.36. The lowest BCUT2D eigenvalue weighted by Crippen LogP contribution is -2.59. The first-order valence-corrected chi connectivity index (χ1v) is 19.1. The Kier molecular flexibility index (Phi) is 14.9. The van der Waals surface area contributed by atoms with Crippen molar-refractivity contribution < 1.29 is 38.2 Å². The number of benzene rings is 2. The first-order valence-electron chi connectivity index (χ1n) is 16.8. The molecule has 0 unspecified atom stereocenters. The highest BCUT2D eigenvalue weighted by atomic mass is 32.2. The second-order valence-corrected chi connectivity index (χ2v) is 15.7. The second kappa shape index (κ2) is 19.1. The minimum atomic E-state index is -4.09. The van der Waals surface area contributed by atoms with Crippen molar-refractivity contribution in [1.29, 1.82) is 0 Å².